The summed E-state index contributed by atoms with van der Waals surface area (Å²) in [7, 11) is 0. The lowest BCUT2D eigenvalue weighted by Gasteiger charge is -2.31. The van der Waals surface area contributed by atoms with Gasteiger partial charge in [-0.1, -0.05) is 0 Å². The van der Waals surface area contributed by atoms with Crippen LogP contribution < -0.4 is 4.74 Å². The summed E-state index contributed by atoms with van der Waals surface area (Å²) in [6.07, 6.45) is -3.77. The second kappa shape index (κ2) is 5.90. The number of benzene rings is 1. The first kappa shape index (κ1) is 16.8. The predicted octanol–water partition coefficient (Wildman–Crippen LogP) is 2.74. The zero-order valence-corrected chi connectivity index (χ0v) is 12.1. The van der Waals surface area contributed by atoms with E-state index in [1.165, 1.54) is 26.0 Å². The molecule has 9 heteroatoms. The van der Waals surface area contributed by atoms with Crippen LogP contribution in [0.25, 0.3) is 0 Å². The minimum atomic E-state index is -4.78. The molecule has 0 aromatic heterocycles. The van der Waals surface area contributed by atoms with E-state index < -0.39 is 35.8 Å². The minimum absolute atomic E-state index is 0.227. The number of hydrogen-bond acceptors (Lipinski definition) is 6. The number of rotatable bonds is 3. The largest absolute Gasteiger partial charge is 0.573 e. The number of halogens is 3. The molecular formula is C14H12F3NO5. The van der Waals surface area contributed by atoms with Gasteiger partial charge in [-0.15, -0.1) is 13.2 Å². The number of ether oxygens (including phenoxy) is 3. The van der Waals surface area contributed by atoms with E-state index in [4.69, 9.17) is 9.47 Å². The van der Waals surface area contributed by atoms with Crippen LogP contribution in [0.3, 0.4) is 0 Å². The molecule has 1 aromatic rings. The van der Waals surface area contributed by atoms with E-state index in [0.29, 0.717) is 0 Å². The average Bonchev–Trinajstić information content (AvgIpc) is 2.36. The molecule has 1 saturated heterocycles. The van der Waals surface area contributed by atoms with Crippen LogP contribution in [0.1, 0.15) is 13.8 Å². The van der Waals surface area contributed by atoms with E-state index in [9.17, 15) is 22.8 Å². The van der Waals surface area contributed by atoms with Crippen molar-refractivity contribution in [1.29, 1.82) is 0 Å². The van der Waals surface area contributed by atoms with Gasteiger partial charge in [-0.2, -0.15) is 0 Å². The fourth-order valence-electron chi connectivity index (χ4n) is 1.74. The highest BCUT2D eigenvalue weighted by Gasteiger charge is 2.42. The van der Waals surface area contributed by atoms with Crippen LogP contribution in [0.2, 0.25) is 0 Å². The number of esters is 2. The topological polar surface area (TPSA) is 74.2 Å². The van der Waals surface area contributed by atoms with E-state index in [1.54, 1.807) is 0 Å². The quantitative estimate of drug-likeness (QED) is 0.484. The van der Waals surface area contributed by atoms with Gasteiger partial charge < -0.3 is 14.2 Å². The van der Waals surface area contributed by atoms with Crippen LogP contribution in [-0.4, -0.2) is 30.3 Å². The summed E-state index contributed by atoms with van der Waals surface area (Å²) < 4.78 is 49.6. The van der Waals surface area contributed by atoms with Crippen molar-refractivity contribution in [2.45, 2.75) is 26.0 Å². The lowest BCUT2D eigenvalue weighted by atomic mass is 10.1. The highest BCUT2D eigenvalue weighted by Crippen LogP contribution is 2.26. The van der Waals surface area contributed by atoms with Crippen LogP contribution in [0.15, 0.2) is 29.3 Å². The molecule has 0 radical (unpaired) electrons. The first-order valence-corrected chi connectivity index (χ1v) is 6.41. The number of cyclic esters (lactones) is 2. The summed E-state index contributed by atoms with van der Waals surface area (Å²) >= 11 is 0. The number of carbonyl (C=O) groups is 2. The van der Waals surface area contributed by atoms with Gasteiger partial charge in [0.1, 0.15) is 5.75 Å². The summed E-state index contributed by atoms with van der Waals surface area (Å²) in [6, 6.07) is 4.59. The third kappa shape index (κ3) is 4.70. The Bertz CT molecular complexity index is 617. The number of hydrogen-bond donors (Lipinski definition) is 0. The van der Waals surface area contributed by atoms with Crippen LogP contribution in [0.5, 0.6) is 5.75 Å². The molecule has 2 rings (SSSR count). The van der Waals surface area contributed by atoms with E-state index >= 15 is 0 Å². The Morgan fingerprint density at radius 1 is 1.13 bits per heavy atom. The van der Waals surface area contributed by atoms with Gasteiger partial charge in [-0.3, -0.25) is 14.6 Å². The predicted molar refractivity (Wildman–Crippen MR) is 71.0 cm³/mol. The number of carbonyl (C=O) groups excluding carboxylic acids is 2. The van der Waals surface area contributed by atoms with Gasteiger partial charge >= 0.3 is 18.3 Å². The molecule has 0 N–H and O–H groups in total. The molecule has 124 valence electrons. The molecule has 0 saturated carbocycles. The molecule has 0 spiro atoms. The first-order valence-electron chi connectivity index (χ1n) is 6.41. The van der Waals surface area contributed by atoms with Crippen molar-refractivity contribution in [3.05, 3.63) is 24.3 Å². The summed E-state index contributed by atoms with van der Waals surface area (Å²) in [5.41, 5.74) is 0.227. The summed E-state index contributed by atoms with van der Waals surface area (Å²) in [5, 5.41) is 0. The van der Waals surface area contributed by atoms with E-state index in [-0.39, 0.29) is 5.69 Å². The van der Waals surface area contributed by atoms with Crippen LogP contribution in [0.4, 0.5) is 18.9 Å². The van der Waals surface area contributed by atoms with Gasteiger partial charge in [0.15, 0.2) is 5.92 Å². The molecule has 6 nitrogen and oxygen atoms in total. The highest BCUT2D eigenvalue weighted by atomic mass is 19.4. The third-order valence-corrected chi connectivity index (χ3v) is 2.64. The molecule has 23 heavy (non-hydrogen) atoms. The summed E-state index contributed by atoms with van der Waals surface area (Å²) in [6.45, 7) is 2.82. The Morgan fingerprint density at radius 2 is 1.65 bits per heavy atom. The summed E-state index contributed by atoms with van der Waals surface area (Å²) in [4.78, 5) is 27.2. The van der Waals surface area contributed by atoms with Crippen molar-refractivity contribution in [1.82, 2.24) is 0 Å². The van der Waals surface area contributed by atoms with Crippen molar-refractivity contribution in [2.75, 3.05) is 0 Å². The minimum Gasteiger partial charge on any atom is -0.422 e. The normalized spacial score (nSPS) is 18.7. The second-order valence-electron chi connectivity index (χ2n) is 5.04. The molecule has 1 aliphatic rings. The molecule has 0 aliphatic carbocycles. The number of alkyl halides is 3. The van der Waals surface area contributed by atoms with Crippen molar-refractivity contribution >= 4 is 23.8 Å². The molecule has 0 unspecified atom stereocenters. The molecular weight excluding hydrogens is 319 g/mol. The van der Waals surface area contributed by atoms with Gasteiger partial charge in [-0.05, 0) is 24.3 Å². The van der Waals surface area contributed by atoms with Crippen LogP contribution in [0, 0.1) is 5.92 Å². The molecule has 0 amide bonds. The highest BCUT2D eigenvalue weighted by molar-refractivity contribution is 6.10. The Labute approximate surface area is 128 Å². The fraction of sp³-hybridized carbons (Fsp3) is 0.357. The van der Waals surface area contributed by atoms with Crippen molar-refractivity contribution in [3.8, 4) is 5.75 Å². The standard InChI is InChI=1S/C14H12F3NO5/c1-13(2)22-11(19)10(12(20)23-13)7-18-8-3-5-9(6-4-8)21-14(15,16)17/h3-7,10H,1-2H3. The maximum atomic E-state index is 12.0. The van der Waals surface area contributed by atoms with Crippen LogP contribution in [-0.2, 0) is 19.1 Å². The van der Waals surface area contributed by atoms with E-state index in [0.717, 1.165) is 18.3 Å². The van der Waals surface area contributed by atoms with Gasteiger partial charge in [0.2, 0.25) is 0 Å². The Balaban J connectivity index is 2.06. The fourth-order valence-corrected chi connectivity index (χ4v) is 1.74. The monoisotopic (exact) mass is 331 g/mol. The lowest BCUT2D eigenvalue weighted by Crippen LogP contribution is -2.46. The molecule has 1 aliphatic heterocycles. The number of aliphatic imine (C=N–C) groups is 1. The van der Waals surface area contributed by atoms with E-state index in [2.05, 4.69) is 9.73 Å². The first-order chi connectivity index (χ1) is 10.6. The molecule has 1 heterocycles. The van der Waals surface area contributed by atoms with Gasteiger partial charge in [0, 0.05) is 20.1 Å². The molecule has 1 aromatic carbocycles. The second-order valence-corrected chi connectivity index (χ2v) is 5.04. The molecule has 0 bridgehead atoms. The molecule has 1 fully saturated rings. The van der Waals surface area contributed by atoms with Gasteiger partial charge in [0.05, 0.1) is 5.69 Å². The SMILES string of the molecule is CC1(C)OC(=O)C(C=Nc2ccc(OC(F)(F)F)cc2)C(=O)O1. The van der Waals surface area contributed by atoms with Crippen molar-refractivity contribution < 1.29 is 37.0 Å². The Kier molecular flexibility index (Phi) is 4.31. The zero-order valence-electron chi connectivity index (χ0n) is 12.1. The Morgan fingerprint density at radius 3 is 2.13 bits per heavy atom. The third-order valence-electron chi connectivity index (χ3n) is 2.64. The van der Waals surface area contributed by atoms with Gasteiger partial charge in [-0.25, -0.2) is 0 Å². The maximum absolute atomic E-state index is 12.0. The Hall–Kier alpha value is -2.58. The number of nitrogens with zero attached hydrogens (tertiary/aromatic N) is 1. The van der Waals surface area contributed by atoms with Crippen molar-refractivity contribution in [2.24, 2.45) is 10.9 Å². The van der Waals surface area contributed by atoms with Crippen molar-refractivity contribution in [3.63, 3.8) is 0 Å². The van der Waals surface area contributed by atoms with Crippen LogP contribution >= 0.6 is 0 Å². The average molecular weight is 331 g/mol. The zero-order chi connectivity index (χ0) is 17.3. The smallest absolute Gasteiger partial charge is 0.422 e. The van der Waals surface area contributed by atoms with Gasteiger partial charge in [0.25, 0.3) is 5.79 Å². The maximum Gasteiger partial charge on any atom is 0.573 e. The summed E-state index contributed by atoms with van der Waals surface area (Å²) in [5.74, 6) is -4.70. The van der Waals surface area contributed by atoms with E-state index in [1.807, 2.05) is 0 Å². The lowest BCUT2D eigenvalue weighted by molar-refractivity contribution is -0.274. The molecule has 0 atom stereocenters.